The van der Waals surface area contributed by atoms with Gasteiger partial charge >= 0.3 is 0 Å². The van der Waals surface area contributed by atoms with Gasteiger partial charge in [0.15, 0.2) is 0 Å². The van der Waals surface area contributed by atoms with Crippen LogP contribution in [0.2, 0.25) is 0 Å². The van der Waals surface area contributed by atoms with Crippen LogP contribution in [0, 0.1) is 0 Å². The second-order valence-electron chi connectivity index (χ2n) is 4.30. The molecule has 0 unspecified atom stereocenters. The number of hydrogen-bond acceptors (Lipinski definition) is 4. The van der Waals surface area contributed by atoms with Gasteiger partial charge in [-0.25, -0.2) is 9.97 Å². The second kappa shape index (κ2) is 5.92. The maximum atomic E-state index is 12.1. The van der Waals surface area contributed by atoms with Gasteiger partial charge in [-0.2, -0.15) is 0 Å². The van der Waals surface area contributed by atoms with Crippen molar-refractivity contribution in [3.05, 3.63) is 72.6 Å². The van der Waals surface area contributed by atoms with E-state index in [4.69, 9.17) is 0 Å². The topological polar surface area (TPSA) is 67.8 Å². The molecule has 0 aliphatic carbocycles. The summed E-state index contributed by atoms with van der Waals surface area (Å²) in [5.74, 6) is 0.0146. The molecule has 1 amide bonds. The fourth-order valence-electron chi connectivity index (χ4n) is 1.84. The molecule has 0 spiro atoms. The Labute approximate surface area is 121 Å². The monoisotopic (exact) mass is 276 g/mol. The van der Waals surface area contributed by atoms with E-state index in [-0.39, 0.29) is 11.9 Å². The first kappa shape index (κ1) is 12.9. The van der Waals surface area contributed by atoms with E-state index >= 15 is 0 Å². The molecule has 0 saturated carbocycles. The van der Waals surface area contributed by atoms with E-state index < -0.39 is 0 Å². The van der Waals surface area contributed by atoms with E-state index in [0.717, 1.165) is 5.69 Å². The highest BCUT2D eigenvalue weighted by Gasteiger charge is 2.08. The molecule has 1 aromatic carbocycles. The molecule has 21 heavy (non-hydrogen) atoms. The predicted octanol–water partition coefficient (Wildman–Crippen LogP) is 2.79. The summed E-state index contributed by atoms with van der Waals surface area (Å²) in [5.41, 5.74) is 1.95. The summed E-state index contributed by atoms with van der Waals surface area (Å²) in [5, 5.41) is 2.68. The maximum Gasteiger partial charge on any atom is 0.258 e. The first-order valence-electron chi connectivity index (χ1n) is 6.44. The molecule has 1 N–H and O–H groups in total. The Morgan fingerprint density at radius 2 is 1.62 bits per heavy atom. The molecule has 5 nitrogen and oxygen atoms in total. The van der Waals surface area contributed by atoms with E-state index in [1.807, 2.05) is 24.3 Å². The first-order chi connectivity index (χ1) is 10.3. The van der Waals surface area contributed by atoms with Gasteiger partial charge in [0.05, 0.1) is 11.4 Å². The average molecular weight is 276 g/mol. The number of carbonyl (C=O) groups is 1. The Bertz CT molecular complexity index is 744. The van der Waals surface area contributed by atoms with Crippen LogP contribution in [-0.2, 0) is 0 Å². The number of pyridine rings is 1. The summed E-state index contributed by atoms with van der Waals surface area (Å²) < 4.78 is 0. The number of rotatable bonds is 3. The van der Waals surface area contributed by atoms with Crippen molar-refractivity contribution in [2.24, 2.45) is 0 Å². The van der Waals surface area contributed by atoms with Crippen LogP contribution in [0.5, 0.6) is 0 Å². The van der Waals surface area contributed by atoms with Gasteiger partial charge in [-0.15, -0.1) is 0 Å². The number of anilines is 1. The van der Waals surface area contributed by atoms with Crippen molar-refractivity contribution >= 4 is 11.9 Å². The molecule has 0 atom stereocenters. The Kier molecular flexibility index (Phi) is 3.64. The molecule has 2 aromatic heterocycles. The highest BCUT2D eigenvalue weighted by molar-refractivity contribution is 6.03. The molecule has 0 bridgehead atoms. The molecule has 102 valence electrons. The highest BCUT2D eigenvalue weighted by Crippen LogP contribution is 2.14. The van der Waals surface area contributed by atoms with E-state index in [1.165, 1.54) is 0 Å². The molecule has 0 aliphatic heterocycles. The lowest BCUT2D eigenvalue weighted by Gasteiger charge is -2.05. The lowest BCUT2D eigenvalue weighted by molar-refractivity contribution is 0.102. The van der Waals surface area contributed by atoms with Gasteiger partial charge < -0.3 is 0 Å². The summed E-state index contributed by atoms with van der Waals surface area (Å²) in [7, 11) is 0. The third-order valence-corrected chi connectivity index (χ3v) is 2.84. The van der Waals surface area contributed by atoms with Crippen LogP contribution < -0.4 is 5.32 Å². The van der Waals surface area contributed by atoms with E-state index in [1.54, 1.807) is 42.7 Å². The van der Waals surface area contributed by atoms with E-state index in [0.29, 0.717) is 11.3 Å². The predicted molar refractivity (Wildman–Crippen MR) is 79.7 cm³/mol. The van der Waals surface area contributed by atoms with Crippen molar-refractivity contribution in [1.29, 1.82) is 0 Å². The van der Waals surface area contributed by atoms with Crippen molar-refractivity contribution in [3.8, 4) is 11.4 Å². The van der Waals surface area contributed by atoms with Gasteiger partial charge in [0.25, 0.3) is 5.91 Å². The molecule has 3 rings (SSSR count). The molecule has 0 aliphatic rings. The Balaban J connectivity index is 1.83. The van der Waals surface area contributed by atoms with Gasteiger partial charge in [0.2, 0.25) is 5.95 Å². The van der Waals surface area contributed by atoms with E-state index in [9.17, 15) is 4.79 Å². The van der Waals surface area contributed by atoms with Crippen molar-refractivity contribution in [2.45, 2.75) is 0 Å². The third kappa shape index (κ3) is 3.09. The fourth-order valence-corrected chi connectivity index (χ4v) is 1.84. The number of hydrogen-bond donors (Lipinski definition) is 1. The molecule has 5 heteroatoms. The van der Waals surface area contributed by atoms with Gasteiger partial charge in [-0.1, -0.05) is 24.3 Å². The van der Waals surface area contributed by atoms with Crippen LogP contribution >= 0.6 is 0 Å². The number of nitrogens with one attached hydrogen (secondary N) is 1. The first-order valence-corrected chi connectivity index (χ1v) is 6.44. The quantitative estimate of drug-likeness (QED) is 0.798. The molecule has 2 heterocycles. The summed E-state index contributed by atoms with van der Waals surface area (Å²) in [6.07, 6.45) is 3.29. The number of benzene rings is 1. The van der Waals surface area contributed by atoms with Crippen molar-refractivity contribution in [1.82, 2.24) is 15.0 Å². The summed E-state index contributed by atoms with van der Waals surface area (Å²) in [6, 6.07) is 16.3. The summed E-state index contributed by atoms with van der Waals surface area (Å²) in [4.78, 5) is 24.6. The lowest BCUT2D eigenvalue weighted by atomic mass is 10.2. The summed E-state index contributed by atoms with van der Waals surface area (Å²) >= 11 is 0. The lowest BCUT2D eigenvalue weighted by Crippen LogP contribution is -2.14. The smallest absolute Gasteiger partial charge is 0.258 e. The minimum absolute atomic E-state index is 0.242. The van der Waals surface area contributed by atoms with Crippen LogP contribution in [0.15, 0.2) is 67.0 Å². The zero-order chi connectivity index (χ0) is 14.5. The SMILES string of the molecule is O=C(Nc1nccc(-c2ccccn2)n1)c1ccccc1. The minimum atomic E-state index is -0.242. The van der Waals surface area contributed by atoms with Crippen LogP contribution in [0.1, 0.15) is 10.4 Å². The molecule has 0 saturated heterocycles. The molecule has 3 aromatic rings. The summed E-state index contributed by atoms with van der Waals surface area (Å²) in [6.45, 7) is 0. The highest BCUT2D eigenvalue weighted by atomic mass is 16.1. The van der Waals surface area contributed by atoms with Crippen molar-refractivity contribution in [3.63, 3.8) is 0 Å². The van der Waals surface area contributed by atoms with Crippen LogP contribution in [0.3, 0.4) is 0 Å². The van der Waals surface area contributed by atoms with Gasteiger partial charge in [0, 0.05) is 18.0 Å². The van der Waals surface area contributed by atoms with Gasteiger partial charge in [-0.05, 0) is 30.3 Å². The average Bonchev–Trinajstić information content (AvgIpc) is 2.57. The number of amides is 1. The zero-order valence-corrected chi connectivity index (χ0v) is 11.1. The third-order valence-electron chi connectivity index (χ3n) is 2.84. The van der Waals surface area contributed by atoms with Crippen LogP contribution in [0.25, 0.3) is 11.4 Å². The number of aromatic nitrogens is 3. The van der Waals surface area contributed by atoms with Crippen LogP contribution in [0.4, 0.5) is 5.95 Å². The zero-order valence-electron chi connectivity index (χ0n) is 11.1. The Hall–Kier alpha value is -3.08. The minimum Gasteiger partial charge on any atom is -0.290 e. The Morgan fingerprint density at radius 3 is 2.38 bits per heavy atom. The van der Waals surface area contributed by atoms with E-state index in [2.05, 4.69) is 20.3 Å². The maximum absolute atomic E-state index is 12.1. The fraction of sp³-hybridized carbons (Fsp3) is 0. The molecular formula is C16H12N4O. The molecule has 0 fully saturated rings. The number of carbonyl (C=O) groups excluding carboxylic acids is 1. The molecule has 0 radical (unpaired) electrons. The largest absolute Gasteiger partial charge is 0.290 e. The normalized spacial score (nSPS) is 10.1. The van der Waals surface area contributed by atoms with Gasteiger partial charge in [0.1, 0.15) is 0 Å². The van der Waals surface area contributed by atoms with Crippen molar-refractivity contribution in [2.75, 3.05) is 5.32 Å². The molecular weight excluding hydrogens is 264 g/mol. The standard InChI is InChI=1S/C16H12N4O/c21-15(12-6-2-1-3-7-12)20-16-18-11-9-14(19-16)13-8-4-5-10-17-13/h1-11H,(H,18,19,20,21). The number of nitrogens with zero attached hydrogens (tertiary/aromatic N) is 3. The van der Waals surface area contributed by atoms with Crippen LogP contribution in [-0.4, -0.2) is 20.9 Å². The van der Waals surface area contributed by atoms with Crippen molar-refractivity contribution < 1.29 is 4.79 Å². The van der Waals surface area contributed by atoms with Gasteiger partial charge in [-0.3, -0.25) is 15.1 Å². The Morgan fingerprint density at radius 1 is 0.810 bits per heavy atom. The second-order valence-corrected chi connectivity index (χ2v) is 4.30.